The van der Waals surface area contributed by atoms with Gasteiger partial charge in [-0.05, 0) is 51.5 Å². The first kappa shape index (κ1) is 14.1. The van der Waals surface area contributed by atoms with E-state index >= 15 is 0 Å². The molecule has 2 atom stereocenters. The summed E-state index contributed by atoms with van der Waals surface area (Å²) in [6.07, 6.45) is 6.52. The highest BCUT2D eigenvalue weighted by molar-refractivity contribution is 9.09. The molecule has 1 aromatic rings. The van der Waals surface area contributed by atoms with E-state index in [1.165, 1.54) is 37.7 Å². The van der Waals surface area contributed by atoms with Crippen molar-refractivity contribution in [3.8, 4) is 0 Å². The van der Waals surface area contributed by atoms with Gasteiger partial charge in [-0.1, -0.05) is 46.3 Å². The van der Waals surface area contributed by atoms with Crippen LogP contribution in [0.5, 0.6) is 0 Å². The van der Waals surface area contributed by atoms with E-state index in [2.05, 4.69) is 60.1 Å². The summed E-state index contributed by atoms with van der Waals surface area (Å²) in [4.78, 5) is 0.480. The van der Waals surface area contributed by atoms with Crippen LogP contribution < -0.4 is 0 Å². The van der Waals surface area contributed by atoms with E-state index in [9.17, 15) is 0 Å². The molecule has 0 saturated carbocycles. The van der Waals surface area contributed by atoms with Crippen molar-refractivity contribution in [2.24, 2.45) is 0 Å². The molecule has 18 heavy (non-hydrogen) atoms. The van der Waals surface area contributed by atoms with Gasteiger partial charge >= 0.3 is 0 Å². The summed E-state index contributed by atoms with van der Waals surface area (Å²) >= 11 is 3.78. The second-order valence-corrected chi connectivity index (χ2v) is 6.95. The van der Waals surface area contributed by atoms with Gasteiger partial charge in [-0.3, -0.25) is 0 Å². The van der Waals surface area contributed by atoms with Crippen molar-refractivity contribution >= 4 is 15.9 Å². The first-order valence-corrected chi connectivity index (χ1v) is 7.85. The van der Waals surface area contributed by atoms with Gasteiger partial charge in [0.05, 0.1) is 11.7 Å². The van der Waals surface area contributed by atoms with Crippen LogP contribution in [0.4, 0.5) is 0 Å². The Morgan fingerprint density at radius 1 is 1.33 bits per heavy atom. The minimum atomic E-state index is 0.109. The van der Waals surface area contributed by atoms with Crippen molar-refractivity contribution in [2.45, 2.75) is 62.5 Å². The molecule has 0 amide bonds. The normalized spacial score (nSPS) is 24.1. The zero-order chi connectivity index (χ0) is 13.0. The average Bonchev–Trinajstić information content (AvgIpc) is 2.70. The highest BCUT2D eigenvalue weighted by Gasteiger charge is 2.31. The summed E-state index contributed by atoms with van der Waals surface area (Å²) in [6, 6.07) is 10.7. The largest absolute Gasteiger partial charge is 0.372 e. The van der Waals surface area contributed by atoms with Gasteiger partial charge in [0.25, 0.3) is 0 Å². The first-order valence-electron chi connectivity index (χ1n) is 6.94. The summed E-state index contributed by atoms with van der Waals surface area (Å²) in [5.41, 5.74) is 1.49. The maximum atomic E-state index is 6.02. The van der Waals surface area contributed by atoms with E-state index in [1.54, 1.807) is 0 Å². The number of benzene rings is 1. The number of hydrogen-bond donors (Lipinski definition) is 0. The van der Waals surface area contributed by atoms with Crippen LogP contribution in [0, 0.1) is 0 Å². The van der Waals surface area contributed by atoms with E-state index in [1.807, 2.05) is 0 Å². The van der Waals surface area contributed by atoms with Gasteiger partial charge in [0, 0.05) is 4.83 Å². The molecule has 100 valence electrons. The van der Waals surface area contributed by atoms with E-state index in [0.29, 0.717) is 10.9 Å². The Morgan fingerprint density at radius 2 is 2.06 bits per heavy atom. The molecule has 1 heterocycles. The maximum absolute atomic E-state index is 6.02. The smallest absolute Gasteiger partial charge is 0.0631 e. The number of alkyl halides is 1. The van der Waals surface area contributed by atoms with Crippen LogP contribution in [0.25, 0.3) is 0 Å². The van der Waals surface area contributed by atoms with Gasteiger partial charge in [0.1, 0.15) is 0 Å². The van der Waals surface area contributed by atoms with Crippen LogP contribution in [-0.4, -0.2) is 11.7 Å². The Hall–Kier alpha value is -0.340. The van der Waals surface area contributed by atoms with E-state index in [4.69, 9.17) is 4.74 Å². The highest BCUT2D eigenvalue weighted by Crippen LogP contribution is 2.34. The zero-order valence-electron chi connectivity index (χ0n) is 11.4. The molecular weight excluding hydrogens is 288 g/mol. The molecule has 0 spiro atoms. The standard InChI is InChI=1S/C16H23BrO/c1-16(2)12-11-14(18-16)9-6-10-15(17)13-7-4-3-5-8-13/h3-5,7-8,14-15H,6,9-12H2,1-2H3. The second kappa shape index (κ2) is 6.21. The molecule has 2 heteroatoms. The number of halogens is 1. The van der Waals surface area contributed by atoms with Gasteiger partial charge in [-0.2, -0.15) is 0 Å². The molecule has 1 aliphatic rings. The van der Waals surface area contributed by atoms with Crippen molar-refractivity contribution in [1.82, 2.24) is 0 Å². The topological polar surface area (TPSA) is 9.23 Å². The number of ether oxygens (including phenoxy) is 1. The summed E-state index contributed by atoms with van der Waals surface area (Å²) in [5, 5.41) is 0. The van der Waals surface area contributed by atoms with Crippen LogP contribution in [0.1, 0.15) is 56.3 Å². The maximum Gasteiger partial charge on any atom is 0.0631 e. The average molecular weight is 311 g/mol. The molecule has 2 unspecified atom stereocenters. The van der Waals surface area contributed by atoms with E-state index in [0.717, 1.165) is 0 Å². The Balaban J connectivity index is 1.70. The number of hydrogen-bond acceptors (Lipinski definition) is 1. The van der Waals surface area contributed by atoms with Crippen LogP contribution >= 0.6 is 15.9 Å². The molecule has 0 aliphatic carbocycles. The van der Waals surface area contributed by atoms with Gasteiger partial charge in [-0.25, -0.2) is 0 Å². The minimum Gasteiger partial charge on any atom is -0.372 e. The summed E-state index contributed by atoms with van der Waals surface area (Å²) in [5.74, 6) is 0. The predicted molar refractivity (Wildman–Crippen MR) is 80.1 cm³/mol. The fraction of sp³-hybridized carbons (Fsp3) is 0.625. The molecule has 1 aliphatic heterocycles. The Bertz CT molecular complexity index is 361. The third-order valence-electron chi connectivity index (χ3n) is 3.70. The number of rotatable bonds is 5. The quantitative estimate of drug-likeness (QED) is 0.675. The molecule has 0 bridgehead atoms. The Labute approximate surface area is 119 Å². The van der Waals surface area contributed by atoms with Gasteiger partial charge in [0.2, 0.25) is 0 Å². The minimum absolute atomic E-state index is 0.109. The lowest BCUT2D eigenvalue weighted by Gasteiger charge is -2.19. The van der Waals surface area contributed by atoms with Crippen molar-refractivity contribution in [3.63, 3.8) is 0 Å². The van der Waals surface area contributed by atoms with Crippen LogP contribution in [0.15, 0.2) is 30.3 Å². The fourth-order valence-electron chi connectivity index (χ4n) is 2.63. The van der Waals surface area contributed by atoms with Crippen molar-refractivity contribution < 1.29 is 4.74 Å². The third kappa shape index (κ3) is 4.10. The molecule has 1 saturated heterocycles. The molecular formula is C16H23BrO. The highest BCUT2D eigenvalue weighted by atomic mass is 79.9. The van der Waals surface area contributed by atoms with E-state index in [-0.39, 0.29) is 5.60 Å². The summed E-state index contributed by atoms with van der Waals surface area (Å²) < 4.78 is 6.02. The lowest BCUT2D eigenvalue weighted by molar-refractivity contribution is -0.0190. The molecule has 0 radical (unpaired) electrons. The van der Waals surface area contributed by atoms with Gasteiger partial charge < -0.3 is 4.74 Å². The summed E-state index contributed by atoms with van der Waals surface area (Å²) in [7, 11) is 0. The summed E-state index contributed by atoms with van der Waals surface area (Å²) in [6.45, 7) is 4.40. The van der Waals surface area contributed by atoms with Crippen LogP contribution in [-0.2, 0) is 4.74 Å². The van der Waals surface area contributed by atoms with Crippen molar-refractivity contribution in [3.05, 3.63) is 35.9 Å². The Kier molecular flexibility index (Phi) is 4.85. The van der Waals surface area contributed by atoms with Crippen molar-refractivity contribution in [2.75, 3.05) is 0 Å². The second-order valence-electron chi connectivity index (χ2n) is 5.85. The lowest BCUT2D eigenvalue weighted by Crippen LogP contribution is -2.19. The third-order valence-corrected chi connectivity index (χ3v) is 4.69. The molecule has 1 nitrogen and oxygen atoms in total. The lowest BCUT2D eigenvalue weighted by atomic mass is 10.0. The van der Waals surface area contributed by atoms with Crippen LogP contribution in [0.2, 0.25) is 0 Å². The first-order chi connectivity index (χ1) is 8.57. The van der Waals surface area contributed by atoms with E-state index < -0.39 is 0 Å². The molecule has 0 N–H and O–H groups in total. The fourth-order valence-corrected chi connectivity index (χ4v) is 3.26. The monoisotopic (exact) mass is 310 g/mol. The predicted octanol–water partition coefficient (Wildman–Crippen LogP) is 5.25. The molecule has 2 rings (SSSR count). The zero-order valence-corrected chi connectivity index (χ0v) is 12.9. The van der Waals surface area contributed by atoms with Gasteiger partial charge in [-0.15, -0.1) is 0 Å². The van der Waals surface area contributed by atoms with Gasteiger partial charge in [0.15, 0.2) is 0 Å². The SMILES string of the molecule is CC1(C)CCC(CCCC(Br)c2ccccc2)O1. The van der Waals surface area contributed by atoms with Crippen molar-refractivity contribution in [1.29, 1.82) is 0 Å². The molecule has 1 aromatic carbocycles. The molecule has 0 aromatic heterocycles. The molecule has 1 fully saturated rings. The Morgan fingerprint density at radius 3 is 2.67 bits per heavy atom. The van der Waals surface area contributed by atoms with Crippen LogP contribution in [0.3, 0.4) is 0 Å².